The van der Waals surface area contributed by atoms with E-state index in [4.69, 9.17) is 5.11 Å². The standard InChI is InChI=1S/C9H9NO4S2/c11-7(10-4-8(12)13)5-16-9(14)6-2-1-3-15-6/h1-3H,4-5H2,(H,10,11)(H,12,13). The highest BCUT2D eigenvalue weighted by Gasteiger charge is 2.11. The summed E-state index contributed by atoms with van der Waals surface area (Å²) in [6.07, 6.45) is 0. The average molecular weight is 259 g/mol. The first-order chi connectivity index (χ1) is 7.59. The molecule has 1 rings (SSSR count). The van der Waals surface area contributed by atoms with Crippen LogP contribution in [0, 0.1) is 0 Å². The molecule has 1 aromatic rings. The summed E-state index contributed by atoms with van der Waals surface area (Å²) in [5.41, 5.74) is 0. The van der Waals surface area contributed by atoms with Gasteiger partial charge in [-0.25, -0.2) is 0 Å². The quantitative estimate of drug-likeness (QED) is 0.818. The molecule has 16 heavy (non-hydrogen) atoms. The van der Waals surface area contributed by atoms with E-state index in [1.807, 2.05) is 0 Å². The van der Waals surface area contributed by atoms with Crippen molar-refractivity contribution in [2.75, 3.05) is 12.3 Å². The number of amides is 1. The maximum Gasteiger partial charge on any atom is 0.322 e. The molecule has 1 amide bonds. The number of carboxylic acid groups (broad SMARTS) is 1. The van der Waals surface area contributed by atoms with Crippen molar-refractivity contribution >= 4 is 40.1 Å². The van der Waals surface area contributed by atoms with Crippen LogP contribution in [-0.2, 0) is 9.59 Å². The summed E-state index contributed by atoms with van der Waals surface area (Å²) in [6, 6.07) is 3.43. The third-order valence-corrected chi connectivity index (χ3v) is 3.38. The Morgan fingerprint density at radius 2 is 2.19 bits per heavy atom. The number of nitrogens with one attached hydrogen (secondary N) is 1. The van der Waals surface area contributed by atoms with E-state index in [9.17, 15) is 14.4 Å². The Kier molecular flexibility index (Phi) is 5.00. The number of carbonyl (C=O) groups is 3. The molecule has 0 aliphatic carbocycles. The van der Waals surface area contributed by atoms with Gasteiger partial charge < -0.3 is 10.4 Å². The van der Waals surface area contributed by atoms with Crippen molar-refractivity contribution in [3.8, 4) is 0 Å². The molecule has 0 aliphatic heterocycles. The summed E-state index contributed by atoms with van der Waals surface area (Å²) < 4.78 is 0. The van der Waals surface area contributed by atoms with Gasteiger partial charge in [0, 0.05) is 0 Å². The molecule has 0 saturated heterocycles. The van der Waals surface area contributed by atoms with E-state index in [1.54, 1.807) is 17.5 Å². The van der Waals surface area contributed by atoms with Crippen molar-refractivity contribution in [2.45, 2.75) is 0 Å². The van der Waals surface area contributed by atoms with Gasteiger partial charge in [-0.1, -0.05) is 17.8 Å². The summed E-state index contributed by atoms with van der Waals surface area (Å²) in [5.74, 6) is -1.63. The summed E-state index contributed by atoms with van der Waals surface area (Å²) >= 11 is 2.17. The maximum absolute atomic E-state index is 11.4. The van der Waals surface area contributed by atoms with Crippen LogP contribution in [0.3, 0.4) is 0 Å². The number of aliphatic carboxylic acids is 1. The minimum Gasteiger partial charge on any atom is -0.480 e. The second-order valence-corrected chi connectivity index (χ2v) is 4.62. The topological polar surface area (TPSA) is 83.5 Å². The first kappa shape index (κ1) is 12.7. The van der Waals surface area contributed by atoms with Crippen molar-refractivity contribution in [1.29, 1.82) is 0 Å². The third kappa shape index (κ3) is 4.45. The smallest absolute Gasteiger partial charge is 0.322 e. The molecule has 0 aliphatic rings. The lowest BCUT2D eigenvalue weighted by Gasteiger charge is -2.00. The lowest BCUT2D eigenvalue weighted by molar-refractivity contribution is -0.137. The lowest BCUT2D eigenvalue weighted by atomic mass is 10.5. The number of rotatable bonds is 5. The zero-order valence-electron chi connectivity index (χ0n) is 8.13. The fourth-order valence-corrected chi connectivity index (χ4v) is 2.27. The van der Waals surface area contributed by atoms with Crippen LogP contribution < -0.4 is 5.32 Å². The monoisotopic (exact) mass is 259 g/mol. The van der Waals surface area contributed by atoms with Crippen molar-refractivity contribution in [3.05, 3.63) is 22.4 Å². The highest BCUT2D eigenvalue weighted by molar-refractivity contribution is 8.14. The van der Waals surface area contributed by atoms with E-state index >= 15 is 0 Å². The second kappa shape index (κ2) is 6.29. The van der Waals surface area contributed by atoms with Crippen molar-refractivity contribution in [1.82, 2.24) is 5.32 Å². The first-order valence-corrected chi connectivity index (χ1v) is 6.15. The van der Waals surface area contributed by atoms with Gasteiger partial charge in [0.1, 0.15) is 6.54 Å². The number of hydrogen-bond donors (Lipinski definition) is 2. The van der Waals surface area contributed by atoms with E-state index in [-0.39, 0.29) is 10.9 Å². The van der Waals surface area contributed by atoms with Crippen molar-refractivity contribution in [3.63, 3.8) is 0 Å². The van der Waals surface area contributed by atoms with E-state index in [1.165, 1.54) is 11.3 Å². The van der Waals surface area contributed by atoms with Gasteiger partial charge in [0.25, 0.3) is 0 Å². The van der Waals surface area contributed by atoms with Gasteiger partial charge in [0.05, 0.1) is 10.6 Å². The normalized spacial score (nSPS) is 9.75. The molecule has 0 bridgehead atoms. The first-order valence-electron chi connectivity index (χ1n) is 4.28. The zero-order valence-corrected chi connectivity index (χ0v) is 9.77. The fraction of sp³-hybridized carbons (Fsp3) is 0.222. The number of carboxylic acids is 1. The molecular weight excluding hydrogens is 250 g/mol. The molecule has 1 heterocycles. The minimum absolute atomic E-state index is 0.0655. The van der Waals surface area contributed by atoms with Gasteiger partial charge in [0.2, 0.25) is 11.0 Å². The minimum atomic E-state index is -1.11. The Morgan fingerprint density at radius 3 is 2.75 bits per heavy atom. The Hall–Kier alpha value is -1.34. The van der Waals surface area contributed by atoms with E-state index in [0.717, 1.165) is 11.8 Å². The number of carbonyl (C=O) groups excluding carboxylic acids is 2. The predicted octanol–water partition coefficient (Wildman–Crippen LogP) is 0.822. The van der Waals surface area contributed by atoms with Crippen LogP contribution in [0.1, 0.15) is 9.67 Å². The van der Waals surface area contributed by atoms with Gasteiger partial charge in [-0.05, 0) is 11.4 Å². The molecule has 0 radical (unpaired) electrons. The Morgan fingerprint density at radius 1 is 1.44 bits per heavy atom. The van der Waals surface area contributed by atoms with E-state index in [0.29, 0.717) is 4.88 Å². The van der Waals surface area contributed by atoms with Crippen LogP contribution in [0.15, 0.2) is 17.5 Å². The Balaban J connectivity index is 2.27. The summed E-state index contributed by atoms with van der Waals surface area (Å²) in [7, 11) is 0. The van der Waals surface area contributed by atoms with Crippen molar-refractivity contribution in [2.24, 2.45) is 0 Å². The summed E-state index contributed by atoms with van der Waals surface area (Å²) in [5, 5.41) is 12.1. The largest absolute Gasteiger partial charge is 0.480 e. The summed E-state index contributed by atoms with van der Waals surface area (Å²) in [6.45, 7) is -0.424. The highest BCUT2D eigenvalue weighted by Crippen LogP contribution is 2.16. The lowest BCUT2D eigenvalue weighted by Crippen LogP contribution is -2.30. The fourth-order valence-electron chi connectivity index (χ4n) is 0.822. The molecule has 1 aromatic heterocycles. The van der Waals surface area contributed by atoms with E-state index < -0.39 is 18.4 Å². The molecule has 86 valence electrons. The van der Waals surface area contributed by atoms with Gasteiger partial charge in [-0.3, -0.25) is 14.4 Å². The SMILES string of the molecule is O=C(O)CNC(=O)CSC(=O)c1cccs1. The molecule has 0 saturated carbocycles. The molecule has 0 atom stereocenters. The van der Waals surface area contributed by atoms with Gasteiger partial charge in [0.15, 0.2) is 0 Å². The third-order valence-electron chi connectivity index (χ3n) is 1.49. The number of thioether (sulfide) groups is 1. The molecule has 7 heteroatoms. The van der Waals surface area contributed by atoms with Gasteiger partial charge >= 0.3 is 5.97 Å². The molecule has 0 fully saturated rings. The molecule has 2 N–H and O–H groups in total. The molecule has 0 spiro atoms. The Labute approximate surface area is 99.8 Å². The molecule has 0 aromatic carbocycles. The zero-order chi connectivity index (χ0) is 12.0. The molecule has 0 unspecified atom stereocenters. The Bertz CT molecular complexity index is 388. The predicted molar refractivity (Wildman–Crippen MR) is 61.8 cm³/mol. The van der Waals surface area contributed by atoms with Crippen LogP contribution in [0.5, 0.6) is 0 Å². The van der Waals surface area contributed by atoms with Crippen LogP contribution in [0.25, 0.3) is 0 Å². The van der Waals surface area contributed by atoms with Crippen LogP contribution in [-0.4, -0.2) is 34.4 Å². The number of hydrogen-bond acceptors (Lipinski definition) is 5. The highest BCUT2D eigenvalue weighted by atomic mass is 32.2. The van der Waals surface area contributed by atoms with Gasteiger partial charge in [-0.15, -0.1) is 11.3 Å². The van der Waals surface area contributed by atoms with Crippen LogP contribution in [0.4, 0.5) is 0 Å². The summed E-state index contributed by atoms with van der Waals surface area (Å²) in [4.78, 5) is 33.2. The van der Waals surface area contributed by atoms with Crippen LogP contribution in [0.2, 0.25) is 0 Å². The average Bonchev–Trinajstić information content (AvgIpc) is 2.76. The molecule has 5 nitrogen and oxygen atoms in total. The second-order valence-electron chi connectivity index (χ2n) is 2.72. The van der Waals surface area contributed by atoms with Crippen LogP contribution >= 0.6 is 23.1 Å². The van der Waals surface area contributed by atoms with E-state index in [2.05, 4.69) is 5.32 Å². The van der Waals surface area contributed by atoms with Crippen molar-refractivity contribution < 1.29 is 19.5 Å². The maximum atomic E-state index is 11.4. The van der Waals surface area contributed by atoms with Gasteiger partial charge in [-0.2, -0.15) is 0 Å². The number of thiophene rings is 1. The molecular formula is C9H9NO4S2.